The first-order chi connectivity index (χ1) is 16.1. The molecule has 182 valence electrons. The number of ether oxygens (including phenoxy) is 3. The molecule has 1 aliphatic carbocycles. The summed E-state index contributed by atoms with van der Waals surface area (Å²) in [6, 6.07) is 6.45. The number of thioether (sulfide) groups is 1. The number of aliphatic imine (C=N–C) groups is 1. The summed E-state index contributed by atoms with van der Waals surface area (Å²) in [5.41, 5.74) is 0.874. The monoisotopic (exact) mass is 475 g/mol. The number of piperazine rings is 1. The molecule has 1 aromatic rings. The van der Waals surface area contributed by atoms with Crippen LogP contribution in [0.5, 0.6) is 11.5 Å². The summed E-state index contributed by atoms with van der Waals surface area (Å²) in [7, 11) is 3.24. The molecule has 1 saturated heterocycles. The standard InChI is InChI=1S/C25H37N3O4S/c1-18-21(26-25(32-18)19-9-10-22(30-2)23(15-19)31-3)16-33-17-24(29)28-13-11-27(12-14-28)20-7-5-4-6-8-20/h9-10,15,18,20-21H,4-8,11-14,16-17H2,1-3H3. The Balaban J connectivity index is 1.23. The molecule has 0 N–H and O–H groups in total. The lowest BCUT2D eigenvalue weighted by Crippen LogP contribution is -2.52. The van der Waals surface area contributed by atoms with E-state index in [9.17, 15) is 4.79 Å². The van der Waals surface area contributed by atoms with Crippen LogP contribution in [-0.2, 0) is 9.53 Å². The molecular weight excluding hydrogens is 438 g/mol. The van der Waals surface area contributed by atoms with Gasteiger partial charge in [-0.05, 0) is 38.0 Å². The molecule has 1 saturated carbocycles. The van der Waals surface area contributed by atoms with Gasteiger partial charge in [0, 0.05) is 43.5 Å². The minimum absolute atomic E-state index is 0.0188. The number of benzene rings is 1. The van der Waals surface area contributed by atoms with Crippen molar-refractivity contribution < 1.29 is 19.0 Å². The molecule has 8 heteroatoms. The molecule has 3 aliphatic rings. The summed E-state index contributed by atoms with van der Waals surface area (Å²) in [5, 5.41) is 0. The SMILES string of the molecule is COc1ccc(C2=NC(CSCC(=O)N3CCN(C4CCCCC4)CC3)C(C)O2)cc1OC. The quantitative estimate of drug-likeness (QED) is 0.574. The molecule has 7 nitrogen and oxygen atoms in total. The second-order valence-corrected chi connectivity index (χ2v) is 10.1. The van der Waals surface area contributed by atoms with Gasteiger partial charge in [-0.15, -0.1) is 11.8 Å². The second kappa shape index (κ2) is 11.5. The lowest BCUT2D eigenvalue weighted by molar-refractivity contribution is -0.130. The van der Waals surface area contributed by atoms with Crippen LogP contribution in [0.25, 0.3) is 0 Å². The van der Waals surface area contributed by atoms with Crippen molar-refractivity contribution in [1.29, 1.82) is 0 Å². The molecule has 2 fully saturated rings. The van der Waals surface area contributed by atoms with Gasteiger partial charge in [-0.1, -0.05) is 19.3 Å². The summed E-state index contributed by atoms with van der Waals surface area (Å²) in [5.74, 6) is 3.48. The lowest BCUT2D eigenvalue weighted by atomic mass is 9.94. The minimum atomic E-state index is -0.0188. The highest BCUT2D eigenvalue weighted by molar-refractivity contribution is 8.00. The molecule has 0 aromatic heterocycles. The number of nitrogens with zero attached hydrogens (tertiary/aromatic N) is 3. The van der Waals surface area contributed by atoms with Gasteiger partial charge in [-0.3, -0.25) is 9.69 Å². The fourth-order valence-corrected chi connectivity index (χ4v) is 6.03. The van der Waals surface area contributed by atoms with Crippen LogP contribution in [0, 0.1) is 0 Å². The highest BCUT2D eigenvalue weighted by atomic mass is 32.2. The van der Waals surface area contributed by atoms with Crippen LogP contribution < -0.4 is 9.47 Å². The molecule has 33 heavy (non-hydrogen) atoms. The third-order valence-corrected chi connectivity index (χ3v) is 8.05. The van der Waals surface area contributed by atoms with Crippen molar-refractivity contribution in [1.82, 2.24) is 9.80 Å². The van der Waals surface area contributed by atoms with Crippen LogP contribution in [0.15, 0.2) is 23.2 Å². The molecule has 2 aliphatic heterocycles. The van der Waals surface area contributed by atoms with Crippen molar-refractivity contribution in [3.8, 4) is 11.5 Å². The van der Waals surface area contributed by atoms with Crippen LogP contribution >= 0.6 is 11.8 Å². The van der Waals surface area contributed by atoms with Crippen LogP contribution in [-0.4, -0.2) is 91.7 Å². The summed E-state index contributed by atoms with van der Waals surface area (Å²) >= 11 is 1.66. The molecular formula is C25H37N3O4S. The predicted octanol–water partition coefficient (Wildman–Crippen LogP) is 3.45. The third kappa shape index (κ3) is 5.96. The first kappa shape index (κ1) is 24.2. The average Bonchev–Trinajstić information content (AvgIpc) is 3.24. The van der Waals surface area contributed by atoms with E-state index >= 15 is 0 Å². The van der Waals surface area contributed by atoms with Crippen LogP contribution in [0.4, 0.5) is 0 Å². The zero-order valence-electron chi connectivity index (χ0n) is 20.1. The van der Waals surface area contributed by atoms with E-state index in [1.165, 1.54) is 32.1 Å². The maximum atomic E-state index is 12.7. The molecule has 4 rings (SSSR count). The van der Waals surface area contributed by atoms with E-state index in [1.807, 2.05) is 30.0 Å². The molecule has 2 unspecified atom stereocenters. The van der Waals surface area contributed by atoms with E-state index in [2.05, 4.69) is 4.90 Å². The van der Waals surface area contributed by atoms with Gasteiger partial charge >= 0.3 is 0 Å². The number of hydrogen-bond acceptors (Lipinski definition) is 7. The fourth-order valence-electron chi connectivity index (χ4n) is 4.97. The van der Waals surface area contributed by atoms with Crippen LogP contribution in [0.2, 0.25) is 0 Å². The smallest absolute Gasteiger partial charge is 0.232 e. The van der Waals surface area contributed by atoms with Gasteiger partial charge in [0.05, 0.1) is 26.0 Å². The average molecular weight is 476 g/mol. The Bertz CT molecular complexity index is 835. The summed E-state index contributed by atoms with van der Waals surface area (Å²) < 4.78 is 16.7. The van der Waals surface area contributed by atoms with Crippen molar-refractivity contribution in [3.63, 3.8) is 0 Å². The van der Waals surface area contributed by atoms with E-state index in [0.29, 0.717) is 23.1 Å². The van der Waals surface area contributed by atoms with Gasteiger partial charge in [0.25, 0.3) is 0 Å². The van der Waals surface area contributed by atoms with E-state index in [-0.39, 0.29) is 18.1 Å². The number of amides is 1. The van der Waals surface area contributed by atoms with Gasteiger partial charge in [-0.2, -0.15) is 0 Å². The Morgan fingerprint density at radius 3 is 2.52 bits per heavy atom. The van der Waals surface area contributed by atoms with E-state index in [4.69, 9.17) is 19.2 Å². The Hall–Kier alpha value is -1.93. The van der Waals surface area contributed by atoms with Crippen molar-refractivity contribution in [3.05, 3.63) is 23.8 Å². The number of hydrogen-bond donors (Lipinski definition) is 0. The zero-order valence-corrected chi connectivity index (χ0v) is 20.9. The number of rotatable bonds is 8. The maximum Gasteiger partial charge on any atom is 0.232 e. The van der Waals surface area contributed by atoms with Gasteiger partial charge in [-0.25, -0.2) is 4.99 Å². The largest absolute Gasteiger partial charge is 0.493 e. The van der Waals surface area contributed by atoms with E-state index in [0.717, 1.165) is 43.5 Å². The Morgan fingerprint density at radius 1 is 1.09 bits per heavy atom. The maximum absolute atomic E-state index is 12.7. The van der Waals surface area contributed by atoms with Crippen LogP contribution in [0.3, 0.4) is 0 Å². The minimum Gasteiger partial charge on any atom is -0.493 e. The topological polar surface area (TPSA) is 63.6 Å². The molecule has 1 amide bonds. The number of carbonyl (C=O) groups is 1. The molecule has 0 spiro atoms. The van der Waals surface area contributed by atoms with E-state index in [1.54, 1.807) is 26.0 Å². The van der Waals surface area contributed by atoms with Crippen molar-refractivity contribution in [2.75, 3.05) is 51.9 Å². The zero-order chi connectivity index (χ0) is 23.2. The highest BCUT2D eigenvalue weighted by Crippen LogP contribution is 2.30. The number of methoxy groups -OCH3 is 2. The molecule has 0 bridgehead atoms. The normalized spacial score (nSPS) is 24.3. The van der Waals surface area contributed by atoms with E-state index < -0.39 is 0 Å². The summed E-state index contributed by atoms with van der Waals surface area (Å²) in [6.07, 6.45) is 6.75. The van der Waals surface area contributed by atoms with Crippen molar-refractivity contribution in [2.45, 2.75) is 57.2 Å². The van der Waals surface area contributed by atoms with Gasteiger partial charge < -0.3 is 19.1 Å². The molecule has 0 radical (unpaired) electrons. The molecule has 2 atom stereocenters. The van der Waals surface area contributed by atoms with Gasteiger partial charge in [0.2, 0.25) is 11.8 Å². The van der Waals surface area contributed by atoms with Crippen molar-refractivity contribution in [2.24, 2.45) is 4.99 Å². The second-order valence-electron chi connectivity index (χ2n) is 9.12. The summed E-state index contributed by atoms with van der Waals surface area (Å²) in [6.45, 7) is 5.80. The first-order valence-electron chi connectivity index (χ1n) is 12.2. The van der Waals surface area contributed by atoms with Gasteiger partial charge in [0.1, 0.15) is 6.10 Å². The van der Waals surface area contributed by atoms with Crippen LogP contribution in [0.1, 0.15) is 44.6 Å². The van der Waals surface area contributed by atoms with Crippen molar-refractivity contribution >= 4 is 23.6 Å². The first-order valence-corrected chi connectivity index (χ1v) is 13.3. The third-order valence-electron chi connectivity index (χ3n) is 7.03. The highest BCUT2D eigenvalue weighted by Gasteiger charge is 2.30. The Labute approximate surface area is 201 Å². The predicted molar refractivity (Wildman–Crippen MR) is 133 cm³/mol. The lowest BCUT2D eigenvalue weighted by Gasteiger charge is -2.40. The molecule has 1 aromatic carbocycles. The summed E-state index contributed by atoms with van der Waals surface area (Å²) in [4.78, 5) is 22.2. The van der Waals surface area contributed by atoms with Gasteiger partial charge in [0.15, 0.2) is 11.5 Å². The Kier molecular flexibility index (Phi) is 8.41. The fraction of sp³-hybridized carbons (Fsp3) is 0.680. The Morgan fingerprint density at radius 2 is 1.82 bits per heavy atom. The number of carbonyl (C=O) groups excluding carboxylic acids is 1. The molecule has 2 heterocycles.